The zero-order valence-corrected chi connectivity index (χ0v) is 12.5. The van der Waals surface area contributed by atoms with Crippen LogP contribution in [0.2, 0.25) is 0 Å². The number of aliphatic carboxylic acids is 1. The first-order chi connectivity index (χ1) is 9.56. The van der Waals surface area contributed by atoms with Crippen LogP contribution >= 0.6 is 0 Å². The molecule has 0 aliphatic rings. The van der Waals surface area contributed by atoms with Gasteiger partial charge in [0.15, 0.2) is 0 Å². The van der Waals surface area contributed by atoms with Gasteiger partial charge in [-0.1, -0.05) is 0 Å². The SMILES string of the molecule is C[C@H](NC(=O)[C@H](C)NC(=O)[C@@H](C)NC(=O)[C@@H](C)N)C(=O)O. The fourth-order valence-corrected chi connectivity index (χ4v) is 1.21. The molecule has 3 amide bonds. The lowest BCUT2D eigenvalue weighted by atomic mass is 10.2. The predicted octanol–water partition coefficient (Wildman–Crippen LogP) is -2.07. The van der Waals surface area contributed by atoms with Crippen LogP contribution in [-0.4, -0.2) is 53.0 Å². The third kappa shape index (κ3) is 6.70. The summed E-state index contributed by atoms with van der Waals surface area (Å²) in [5.74, 6) is -2.88. The zero-order chi connectivity index (χ0) is 16.7. The van der Waals surface area contributed by atoms with Gasteiger partial charge in [-0.05, 0) is 27.7 Å². The highest BCUT2D eigenvalue weighted by molar-refractivity contribution is 5.93. The number of nitrogens with two attached hydrogens (primary N) is 1. The minimum Gasteiger partial charge on any atom is -0.480 e. The molecule has 0 spiro atoms. The molecule has 0 radical (unpaired) electrons. The van der Waals surface area contributed by atoms with Gasteiger partial charge in [0.2, 0.25) is 17.7 Å². The Morgan fingerprint density at radius 2 is 1.10 bits per heavy atom. The van der Waals surface area contributed by atoms with Crippen molar-refractivity contribution in [2.75, 3.05) is 0 Å². The van der Waals surface area contributed by atoms with Crippen LogP contribution in [-0.2, 0) is 19.2 Å². The van der Waals surface area contributed by atoms with E-state index in [-0.39, 0.29) is 0 Å². The molecule has 0 saturated heterocycles. The van der Waals surface area contributed by atoms with Crippen molar-refractivity contribution >= 4 is 23.7 Å². The summed E-state index contributed by atoms with van der Waals surface area (Å²) in [4.78, 5) is 45.4. The molecule has 0 heterocycles. The van der Waals surface area contributed by atoms with Crippen LogP contribution in [0.25, 0.3) is 0 Å². The van der Waals surface area contributed by atoms with Crippen molar-refractivity contribution in [3.63, 3.8) is 0 Å². The van der Waals surface area contributed by atoms with Crippen LogP contribution in [0.4, 0.5) is 0 Å². The van der Waals surface area contributed by atoms with Gasteiger partial charge in [0, 0.05) is 0 Å². The Balaban J connectivity index is 4.40. The summed E-state index contributed by atoms with van der Waals surface area (Å²) in [5.41, 5.74) is 5.35. The summed E-state index contributed by atoms with van der Waals surface area (Å²) in [7, 11) is 0. The van der Waals surface area contributed by atoms with Crippen LogP contribution < -0.4 is 21.7 Å². The molecule has 0 unspecified atom stereocenters. The van der Waals surface area contributed by atoms with Gasteiger partial charge in [-0.3, -0.25) is 19.2 Å². The van der Waals surface area contributed by atoms with Crippen molar-refractivity contribution in [3.05, 3.63) is 0 Å². The molecule has 0 rings (SSSR count). The Labute approximate surface area is 122 Å². The number of amides is 3. The molecule has 0 saturated carbocycles. The lowest BCUT2D eigenvalue weighted by molar-refractivity contribution is -0.141. The largest absolute Gasteiger partial charge is 0.480 e. The van der Waals surface area contributed by atoms with Gasteiger partial charge in [0.1, 0.15) is 18.1 Å². The van der Waals surface area contributed by atoms with E-state index in [4.69, 9.17) is 10.8 Å². The van der Waals surface area contributed by atoms with Crippen LogP contribution in [0.1, 0.15) is 27.7 Å². The first-order valence-corrected chi connectivity index (χ1v) is 6.45. The van der Waals surface area contributed by atoms with Crippen molar-refractivity contribution in [2.24, 2.45) is 5.73 Å². The van der Waals surface area contributed by atoms with Gasteiger partial charge in [0.05, 0.1) is 6.04 Å². The molecule has 0 fully saturated rings. The molecule has 21 heavy (non-hydrogen) atoms. The van der Waals surface area contributed by atoms with Crippen LogP contribution in [0, 0.1) is 0 Å². The summed E-state index contributed by atoms with van der Waals surface area (Å²) in [6, 6.07) is -3.62. The molecule has 0 bridgehead atoms. The second-order valence-electron chi connectivity index (χ2n) is 4.82. The lowest BCUT2D eigenvalue weighted by Gasteiger charge is -2.19. The minimum absolute atomic E-state index is 0.491. The van der Waals surface area contributed by atoms with E-state index in [1.807, 2.05) is 0 Å². The van der Waals surface area contributed by atoms with E-state index >= 15 is 0 Å². The average molecular weight is 302 g/mol. The number of nitrogens with one attached hydrogen (secondary N) is 3. The fraction of sp³-hybridized carbons (Fsp3) is 0.667. The molecule has 9 heteroatoms. The maximum absolute atomic E-state index is 11.8. The Bertz CT molecular complexity index is 424. The van der Waals surface area contributed by atoms with Crippen LogP contribution in [0.5, 0.6) is 0 Å². The number of carbonyl (C=O) groups is 4. The van der Waals surface area contributed by atoms with Gasteiger partial charge >= 0.3 is 5.97 Å². The van der Waals surface area contributed by atoms with Crippen molar-refractivity contribution in [1.82, 2.24) is 16.0 Å². The van der Waals surface area contributed by atoms with Crippen molar-refractivity contribution < 1.29 is 24.3 Å². The number of carboxylic acids is 1. The molecule has 0 aromatic rings. The van der Waals surface area contributed by atoms with Crippen molar-refractivity contribution in [1.29, 1.82) is 0 Å². The highest BCUT2D eigenvalue weighted by Gasteiger charge is 2.23. The lowest BCUT2D eigenvalue weighted by Crippen LogP contribution is -2.54. The molecule has 6 N–H and O–H groups in total. The number of carboxylic acid groups (broad SMARTS) is 1. The molecule has 120 valence electrons. The van der Waals surface area contributed by atoms with Crippen molar-refractivity contribution in [2.45, 2.75) is 51.9 Å². The molecule has 9 nitrogen and oxygen atoms in total. The van der Waals surface area contributed by atoms with E-state index < -0.39 is 47.9 Å². The van der Waals surface area contributed by atoms with Gasteiger partial charge in [-0.2, -0.15) is 0 Å². The predicted molar refractivity (Wildman–Crippen MR) is 74.1 cm³/mol. The highest BCUT2D eigenvalue weighted by Crippen LogP contribution is 1.91. The molecular formula is C12H22N4O5. The number of hydrogen-bond donors (Lipinski definition) is 5. The maximum Gasteiger partial charge on any atom is 0.325 e. The Kier molecular flexibility index (Phi) is 7.36. The number of rotatable bonds is 7. The fourth-order valence-electron chi connectivity index (χ4n) is 1.21. The highest BCUT2D eigenvalue weighted by atomic mass is 16.4. The number of carbonyl (C=O) groups excluding carboxylic acids is 3. The smallest absolute Gasteiger partial charge is 0.325 e. The van der Waals surface area contributed by atoms with E-state index in [1.165, 1.54) is 27.7 Å². The maximum atomic E-state index is 11.8. The number of hydrogen-bond acceptors (Lipinski definition) is 5. The summed E-state index contributed by atoms with van der Waals surface area (Å²) in [6.07, 6.45) is 0. The first-order valence-electron chi connectivity index (χ1n) is 6.45. The molecule has 0 aromatic heterocycles. The molecule has 0 aromatic carbocycles. The Morgan fingerprint density at radius 3 is 1.43 bits per heavy atom. The molecule has 4 atom stereocenters. The minimum atomic E-state index is -1.18. The standard InChI is InChI=1S/C12H22N4O5/c1-5(13)9(17)14-6(2)10(18)15-7(3)11(19)16-8(4)12(20)21/h5-8H,13H2,1-4H3,(H,14,17)(H,15,18)(H,16,19)(H,20,21)/t5-,6-,7+,8+/m1/s1. The second kappa shape index (κ2) is 8.20. The van der Waals surface area contributed by atoms with Crippen molar-refractivity contribution in [3.8, 4) is 0 Å². The monoisotopic (exact) mass is 302 g/mol. The first kappa shape index (κ1) is 18.8. The third-order valence-corrected chi connectivity index (χ3v) is 2.65. The topological polar surface area (TPSA) is 151 Å². The van der Waals surface area contributed by atoms with Gasteiger partial charge in [-0.15, -0.1) is 0 Å². The summed E-state index contributed by atoms with van der Waals surface area (Å²) >= 11 is 0. The third-order valence-electron chi connectivity index (χ3n) is 2.65. The van der Waals surface area contributed by atoms with Crippen LogP contribution in [0.3, 0.4) is 0 Å². The summed E-state index contributed by atoms with van der Waals surface area (Å²) < 4.78 is 0. The summed E-state index contributed by atoms with van der Waals surface area (Å²) in [6.45, 7) is 5.63. The quantitative estimate of drug-likeness (QED) is 0.364. The van der Waals surface area contributed by atoms with Gasteiger partial charge in [-0.25, -0.2) is 0 Å². The van der Waals surface area contributed by atoms with Crippen LogP contribution in [0.15, 0.2) is 0 Å². The van der Waals surface area contributed by atoms with E-state index in [0.29, 0.717) is 0 Å². The van der Waals surface area contributed by atoms with E-state index in [1.54, 1.807) is 0 Å². The van der Waals surface area contributed by atoms with E-state index in [2.05, 4.69) is 16.0 Å². The van der Waals surface area contributed by atoms with Gasteiger partial charge in [0.25, 0.3) is 0 Å². The molecule has 0 aliphatic heterocycles. The Hall–Kier alpha value is -2.16. The molecular weight excluding hydrogens is 280 g/mol. The Morgan fingerprint density at radius 1 is 0.762 bits per heavy atom. The zero-order valence-electron chi connectivity index (χ0n) is 12.5. The van der Waals surface area contributed by atoms with Gasteiger partial charge < -0.3 is 26.8 Å². The normalized spacial score (nSPS) is 16.0. The average Bonchev–Trinajstić information content (AvgIpc) is 2.37. The second-order valence-corrected chi connectivity index (χ2v) is 4.82. The summed E-state index contributed by atoms with van der Waals surface area (Å²) in [5, 5.41) is 15.6. The van der Waals surface area contributed by atoms with E-state index in [0.717, 1.165) is 0 Å². The molecule has 0 aliphatic carbocycles. The van der Waals surface area contributed by atoms with E-state index in [9.17, 15) is 19.2 Å².